The molecule has 0 bridgehead atoms. The third-order valence-corrected chi connectivity index (χ3v) is 5.52. The Morgan fingerprint density at radius 3 is 2.38 bits per heavy atom. The first kappa shape index (κ1) is 23.3. The predicted molar refractivity (Wildman–Crippen MR) is 103 cm³/mol. The normalized spacial score (nSPS) is 14.6. The summed E-state index contributed by atoms with van der Waals surface area (Å²) in [5.41, 5.74) is 5.96. The summed E-state index contributed by atoms with van der Waals surface area (Å²) in [6.45, 7) is 5.98. The van der Waals surface area contributed by atoms with Crippen LogP contribution in [-0.2, 0) is 18.3 Å². The fraction of sp³-hybridized carbons (Fsp3) is 0.625. The number of hydrogen-bond acceptors (Lipinski definition) is 11. The van der Waals surface area contributed by atoms with Gasteiger partial charge >= 0.3 is 7.60 Å². The summed E-state index contributed by atoms with van der Waals surface area (Å²) < 4.78 is 29.8. The number of ether oxygens (including phenoxy) is 1. The molecule has 0 aliphatic heterocycles. The summed E-state index contributed by atoms with van der Waals surface area (Å²) in [5.74, 6) is -0.794. The van der Waals surface area contributed by atoms with E-state index in [1.54, 1.807) is 27.7 Å². The van der Waals surface area contributed by atoms with Crippen molar-refractivity contribution in [1.82, 2.24) is 19.5 Å². The number of anilines is 1. The van der Waals surface area contributed by atoms with Crippen LogP contribution in [0, 0.1) is 0 Å². The molecule has 0 aliphatic rings. The van der Waals surface area contributed by atoms with Crippen LogP contribution in [-0.4, -0.2) is 73.0 Å². The molecule has 0 fully saturated rings. The molecule has 0 amide bonds. The number of nitrogen functional groups attached to an aromatic ring is 1. The van der Waals surface area contributed by atoms with Gasteiger partial charge in [-0.05, 0) is 27.7 Å². The molecule has 12 nitrogen and oxygen atoms in total. The van der Waals surface area contributed by atoms with Crippen LogP contribution < -0.4 is 5.73 Å². The van der Waals surface area contributed by atoms with Crippen molar-refractivity contribution < 1.29 is 33.4 Å². The molecule has 0 spiro atoms. The van der Waals surface area contributed by atoms with Gasteiger partial charge in [0, 0.05) is 0 Å². The molecule has 2 aromatic heterocycles. The van der Waals surface area contributed by atoms with Crippen molar-refractivity contribution >= 4 is 30.5 Å². The molecule has 0 aromatic carbocycles. The molecule has 2 atom stereocenters. The number of hydrogen-bond donors (Lipinski definition) is 3. The Kier molecular flexibility index (Phi) is 7.80. The topological polar surface area (TPSA) is 172 Å². The van der Waals surface area contributed by atoms with Crippen LogP contribution in [0.5, 0.6) is 0 Å². The Bertz CT molecular complexity index is 874. The first-order valence-electron chi connectivity index (χ1n) is 8.92. The van der Waals surface area contributed by atoms with Crippen molar-refractivity contribution in [3.8, 4) is 0 Å². The molecule has 0 saturated heterocycles. The van der Waals surface area contributed by atoms with Crippen LogP contribution in [0.3, 0.4) is 0 Å². The van der Waals surface area contributed by atoms with Crippen molar-refractivity contribution in [2.75, 3.05) is 18.7 Å². The zero-order valence-electron chi connectivity index (χ0n) is 16.6. The number of nitrogens with zero attached hydrogens (tertiary/aromatic N) is 4. The van der Waals surface area contributed by atoms with Gasteiger partial charge in [0.05, 0.1) is 18.8 Å². The van der Waals surface area contributed by atoms with Gasteiger partial charge in [-0.25, -0.2) is 15.0 Å². The maximum absolute atomic E-state index is 12.8. The lowest BCUT2D eigenvalue weighted by Gasteiger charge is -2.26. The third-order valence-electron chi connectivity index (χ3n) is 3.57. The Morgan fingerprint density at radius 2 is 1.83 bits per heavy atom. The fourth-order valence-electron chi connectivity index (χ4n) is 2.47. The van der Waals surface area contributed by atoms with E-state index in [1.807, 2.05) is 0 Å². The van der Waals surface area contributed by atoms with E-state index in [0.717, 1.165) is 17.2 Å². The zero-order chi connectivity index (χ0) is 21.8. The van der Waals surface area contributed by atoms with Gasteiger partial charge < -0.3 is 29.7 Å². The number of imidazole rings is 1. The average molecular weight is 431 g/mol. The smallest absolute Gasteiger partial charge is 0.356 e. The van der Waals surface area contributed by atoms with Crippen LogP contribution in [0.2, 0.25) is 0 Å². The fourth-order valence-corrected chi connectivity index (χ4v) is 4.30. The maximum atomic E-state index is 12.8. The second-order valence-corrected chi connectivity index (χ2v) is 8.67. The quantitative estimate of drug-likeness (QED) is 0.454. The molecule has 13 heteroatoms. The number of aliphatic hydroxyl groups excluding tert-OH is 2. The summed E-state index contributed by atoms with van der Waals surface area (Å²) in [4.78, 5) is 24.3. The first-order valence-corrected chi connectivity index (χ1v) is 10.6. The van der Waals surface area contributed by atoms with Crippen LogP contribution in [0.4, 0.5) is 5.82 Å². The van der Waals surface area contributed by atoms with Gasteiger partial charge in [-0.15, -0.1) is 0 Å². The highest BCUT2D eigenvalue weighted by atomic mass is 31.2. The van der Waals surface area contributed by atoms with Crippen molar-refractivity contribution in [1.29, 1.82) is 0 Å². The zero-order valence-corrected chi connectivity index (χ0v) is 17.5. The second kappa shape index (κ2) is 9.70. The number of aromatic nitrogens is 4. The van der Waals surface area contributed by atoms with Gasteiger partial charge in [-0.1, -0.05) is 0 Å². The highest BCUT2D eigenvalue weighted by molar-refractivity contribution is 7.53. The number of rotatable bonds is 10. The van der Waals surface area contributed by atoms with Crippen LogP contribution in [0.15, 0.2) is 12.7 Å². The molecule has 0 saturated carbocycles. The summed E-state index contributed by atoms with van der Waals surface area (Å²) in [6, 6.07) is 0. The minimum Gasteiger partial charge on any atom is -0.394 e. The van der Waals surface area contributed by atoms with E-state index in [2.05, 4.69) is 15.0 Å². The maximum Gasteiger partial charge on any atom is 0.356 e. The van der Waals surface area contributed by atoms with E-state index in [1.165, 1.54) is 0 Å². The minimum atomic E-state index is -3.69. The van der Waals surface area contributed by atoms with Crippen LogP contribution >= 0.6 is 7.60 Å². The Hall–Kier alpha value is -1.95. The summed E-state index contributed by atoms with van der Waals surface area (Å²) >= 11 is 0. The van der Waals surface area contributed by atoms with Gasteiger partial charge in [0.15, 0.2) is 23.1 Å². The summed E-state index contributed by atoms with van der Waals surface area (Å²) in [6.07, 6.45) is -2.30. The van der Waals surface area contributed by atoms with Gasteiger partial charge in [0.1, 0.15) is 25.1 Å². The Morgan fingerprint density at radius 1 is 1.21 bits per heavy atom. The van der Waals surface area contributed by atoms with Crippen LogP contribution in [0.25, 0.3) is 11.2 Å². The predicted octanol–water partition coefficient (Wildman–Crippen LogP) is 0.788. The molecule has 2 heterocycles. The molecule has 162 valence electrons. The highest BCUT2D eigenvalue weighted by Gasteiger charge is 2.34. The average Bonchev–Trinajstić information content (AvgIpc) is 3.05. The SMILES string of the molecule is CC(C)OP(=O)(CO[C@@H](CO)[C@@H](O)C(=O)n1cnc2c(N)ncnc21)OC(C)C. The van der Waals surface area contributed by atoms with Gasteiger partial charge in [0.25, 0.3) is 5.91 Å². The molecule has 29 heavy (non-hydrogen) atoms. The first-order chi connectivity index (χ1) is 13.6. The number of carbonyl (C=O) groups is 1. The lowest BCUT2D eigenvalue weighted by molar-refractivity contribution is -0.0460. The number of fused-ring (bicyclic) bond motifs is 1. The Balaban J connectivity index is 2.16. The van der Waals surface area contributed by atoms with Gasteiger partial charge in [-0.2, -0.15) is 0 Å². The molecule has 0 unspecified atom stereocenters. The van der Waals surface area contributed by atoms with Gasteiger partial charge in [-0.3, -0.25) is 13.9 Å². The standard InChI is InChI=1S/C16H26N5O7P/c1-9(2)27-29(25,28-10(3)4)8-26-11(5-22)13(23)16(24)21-7-20-12-14(17)18-6-19-15(12)21/h6-7,9-11,13,22-23H,5,8H2,1-4H3,(H2,17,18,19)/t11-,13+/m0/s1. The molecule has 0 aliphatic carbocycles. The second-order valence-electron chi connectivity index (χ2n) is 6.76. The Labute approximate surface area is 167 Å². The van der Waals surface area contributed by atoms with Crippen molar-refractivity contribution in [2.24, 2.45) is 0 Å². The van der Waals surface area contributed by atoms with Gasteiger partial charge in [0.2, 0.25) is 0 Å². The largest absolute Gasteiger partial charge is 0.394 e. The lowest BCUT2D eigenvalue weighted by Crippen LogP contribution is -2.41. The molecule has 2 rings (SSSR count). The molecular weight excluding hydrogens is 405 g/mol. The van der Waals surface area contributed by atoms with E-state index >= 15 is 0 Å². The van der Waals surface area contributed by atoms with E-state index < -0.39 is 50.9 Å². The molecule has 4 N–H and O–H groups in total. The van der Waals surface area contributed by atoms with Crippen molar-refractivity contribution in [3.63, 3.8) is 0 Å². The van der Waals surface area contributed by atoms with E-state index in [4.69, 9.17) is 19.5 Å². The summed E-state index contributed by atoms with van der Waals surface area (Å²) in [5, 5.41) is 20.0. The van der Waals surface area contributed by atoms with E-state index in [0.29, 0.717) is 0 Å². The monoisotopic (exact) mass is 431 g/mol. The number of carbonyl (C=O) groups excluding carboxylic acids is 1. The highest BCUT2D eigenvalue weighted by Crippen LogP contribution is 2.50. The van der Waals surface area contributed by atoms with Crippen molar-refractivity contribution in [3.05, 3.63) is 12.7 Å². The molecular formula is C16H26N5O7P. The lowest BCUT2D eigenvalue weighted by atomic mass is 10.2. The van der Waals surface area contributed by atoms with Crippen LogP contribution in [0.1, 0.15) is 32.5 Å². The number of aliphatic hydroxyl groups is 2. The number of nitrogens with two attached hydrogens (primary N) is 1. The molecule has 2 aromatic rings. The van der Waals surface area contributed by atoms with E-state index in [-0.39, 0.29) is 17.0 Å². The minimum absolute atomic E-state index is 0.0728. The summed E-state index contributed by atoms with van der Waals surface area (Å²) in [7, 11) is -3.69. The van der Waals surface area contributed by atoms with Crippen molar-refractivity contribution in [2.45, 2.75) is 52.1 Å². The van der Waals surface area contributed by atoms with E-state index in [9.17, 15) is 19.6 Å². The third kappa shape index (κ3) is 5.78. The molecule has 0 radical (unpaired) electrons.